The molecule has 1 saturated carbocycles. The molecule has 3 aromatic rings. The summed E-state index contributed by atoms with van der Waals surface area (Å²) in [6, 6.07) is 3.76. The minimum Gasteiger partial charge on any atom is -0.365 e. The number of hydrogen-bond donors (Lipinski definition) is 3. The van der Waals surface area contributed by atoms with Gasteiger partial charge in [-0.25, -0.2) is 23.5 Å². The highest BCUT2D eigenvalue weighted by molar-refractivity contribution is 9.10. The number of nitrogens with two attached hydrogens (primary N) is 1. The summed E-state index contributed by atoms with van der Waals surface area (Å²) in [5.41, 5.74) is 0.425. The molecule has 1 aliphatic carbocycles. The number of rotatable bonds is 7. The number of anilines is 1. The first kappa shape index (κ1) is 20.6. The molecule has 0 radical (unpaired) electrons. The van der Waals surface area contributed by atoms with Crippen LogP contribution in [0.1, 0.15) is 12.8 Å². The summed E-state index contributed by atoms with van der Waals surface area (Å²) in [7, 11) is -3.73. The van der Waals surface area contributed by atoms with E-state index in [4.69, 9.17) is 14.3 Å². The molecular formula is C15H15BrFN7O5S. The van der Waals surface area contributed by atoms with Crippen LogP contribution >= 0.6 is 15.9 Å². The first-order valence-corrected chi connectivity index (χ1v) is 11.0. The van der Waals surface area contributed by atoms with Crippen molar-refractivity contribution in [3.8, 4) is 17.2 Å². The van der Waals surface area contributed by atoms with E-state index in [9.17, 15) is 17.6 Å². The van der Waals surface area contributed by atoms with Crippen LogP contribution in [-0.4, -0.2) is 41.0 Å². The standard InChI is InChI=1S/C15H15BrFN7O5S/c16-10-5-9(1-2-11(10)17)24-14(22-28-15(24)25)12-13(21-29-20-12)19-6-7-3-8(4-7)23-30(18,26)27/h1-2,5,7-8,23H,3-4,6H2,(H,19,21)(H2,18,26,27). The van der Waals surface area contributed by atoms with Gasteiger partial charge in [0.2, 0.25) is 11.6 Å². The summed E-state index contributed by atoms with van der Waals surface area (Å²) < 4.78 is 48.7. The highest BCUT2D eigenvalue weighted by Crippen LogP contribution is 2.30. The van der Waals surface area contributed by atoms with Crippen LogP contribution in [0.25, 0.3) is 17.2 Å². The van der Waals surface area contributed by atoms with Crippen LogP contribution < -0.4 is 20.9 Å². The lowest BCUT2D eigenvalue weighted by atomic mass is 9.81. The summed E-state index contributed by atoms with van der Waals surface area (Å²) >= 11 is 3.07. The Morgan fingerprint density at radius 2 is 2.07 bits per heavy atom. The van der Waals surface area contributed by atoms with E-state index in [1.54, 1.807) is 0 Å². The highest BCUT2D eigenvalue weighted by atomic mass is 79.9. The largest absolute Gasteiger partial charge is 0.446 e. The number of nitrogens with zero attached hydrogens (tertiary/aromatic N) is 4. The molecule has 0 amide bonds. The fourth-order valence-electron chi connectivity index (χ4n) is 3.17. The Balaban J connectivity index is 1.51. The van der Waals surface area contributed by atoms with E-state index in [-0.39, 0.29) is 33.8 Å². The maximum atomic E-state index is 13.5. The molecule has 1 aromatic carbocycles. The topological polar surface area (TPSA) is 171 Å². The van der Waals surface area contributed by atoms with Gasteiger partial charge < -0.3 is 5.32 Å². The van der Waals surface area contributed by atoms with Gasteiger partial charge in [0, 0.05) is 12.6 Å². The van der Waals surface area contributed by atoms with Gasteiger partial charge >= 0.3 is 5.76 Å². The lowest BCUT2D eigenvalue weighted by Crippen LogP contribution is -2.48. The van der Waals surface area contributed by atoms with E-state index >= 15 is 0 Å². The van der Waals surface area contributed by atoms with Crippen LogP contribution in [-0.2, 0) is 10.2 Å². The van der Waals surface area contributed by atoms with Gasteiger partial charge in [0.25, 0.3) is 10.2 Å². The Morgan fingerprint density at radius 3 is 2.77 bits per heavy atom. The molecule has 1 fully saturated rings. The Labute approximate surface area is 176 Å². The first-order valence-electron chi connectivity index (χ1n) is 8.62. The summed E-state index contributed by atoms with van der Waals surface area (Å²) in [6.45, 7) is 0.453. The van der Waals surface area contributed by atoms with E-state index < -0.39 is 21.8 Å². The average molecular weight is 504 g/mol. The van der Waals surface area contributed by atoms with E-state index in [1.807, 2.05) is 0 Å². The fourth-order valence-corrected chi connectivity index (χ4v) is 4.20. The van der Waals surface area contributed by atoms with E-state index in [2.05, 4.69) is 41.4 Å². The first-order chi connectivity index (χ1) is 14.2. The van der Waals surface area contributed by atoms with Crippen LogP contribution in [0.15, 0.2) is 36.6 Å². The molecular weight excluding hydrogens is 489 g/mol. The molecule has 1 aliphatic rings. The van der Waals surface area contributed by atoms with Crippen molar-refractivity contribution in [2.45, 2.75) is 18.9 Å². The number of nitrogens with one attached hydrogen (secondary N) is 2. The van der Waals surface area contributed by atoms with Crippen LogP contribution in [0.4, 0.5) is 10.2 Å². The second-order valence-corrected chi connectivity index (χ2v) is 8.93. The van der Waals surface area contributed by atoms with Crippen LogP contribution in [0.3, 0.4) is 0 Å². The minimum absolute atomic E-state index is 0.0182. The quantitative estimate of drug-likeness (QED) is 0.420. The van der Waals surface area contributed by atoms with E-state index in [0.29, 0.717) is 25.1 Å². The Kier molecular flexibility index (Phi) is 5.44. The van der Waals surface area contributed by atoms with Crippen molar-refractivity contribution >= 4 is 32.0 Å². The van der Waals surface area contributed by atoms with Gasteiger partial charge in [-0.3, -0.25) is 4.52 Å². The molecule has 30 heavy (non-hydrogen) atoms. The zero-order valence-electron chi connectivity index (χ0n) is 15.1. The van der Waals surface area contributed by atoms with Gasteiger partial charge in [-0.1, -0.05) is 5.16 Å². The van der Waals surface area contributed by atoms with Gasteiger partial charge in [0.1, 0.15) is 5.82 Å². The van der Waals surface area contributed by atoms with Crippen molar-refractivity contribution in [2.24, 2.45) is 11.1 Å². The van der Waals surface area contributed by atoms with Gasteiger partial charge in [0.05, 0.1) is 10.2 Å². The maximum Gasteiger partial charge on any atom is 0.446 e. The Bertz CT molecular complexity index is 1230. The molecule has 0 unspecified atom stereocenters. The molecule has 15 heteroatoms. The molecule has 0 saturated heterocycles. The summed E-state index contributed by atoms with van der Waals surface area (Å²) in [5, 5.41) is 19.3. The third-order valence-electron chi connectivity index (χ3n) is 4.59. The molecule has 0 spiro atoms. The molecule has 0 aliphatic heterocycles. The number of aromatic nitrogens is 4. The summed E-state index contributed by atoms with van der Waals surface area (Å²) in [6.07, 6.45) is 1.20. The molecule has 0 atom stereocenters. The van der Waals surface area contributed by atoms with Crippen molar-refractivity contribution < 1.29 is 22.0 Å². The van der Waals surface area contributed by atoms with Crippen LogP contribution in [0.5, 0.6) is 0 Å². The van der Waals surface area contributed by atoms with Gasteiger partial charge in [0.15, 0.2) is 5.69 Å². The molecule has 4 rings (SSSR count). The SMILES string of the molecule is NS(=O)(=O)NC1CC(CNc2nonc2-c2noc(=O)n2-c2ccc(F)c(Br)c2)C1. The second-order valence-electron chi connectivity index (χ2n) is 6.75. The molecule has 4 N–H and O–H groups in total. The smallest absolute Gasteiger partial charge is 0.365 e. The van der Waals surface area contributed by atoms with Crippen molar-refractivity contribution in [3.05, 3.63) is 39.0 Å². The minimum atomic E-state index is -3.73. The molecule has 160 valence electrons. The van der Waals surface area contributed by atoms with E-state index in [0.717, 1.165) is 4.57 Å². The monoisotopic (exact) mass is 503 g/mol. The third-order valence-corrected chi connectivity index (χ3v) is 5.86. The van der Waals surface area contributed by atoms with Crippen molar-refractivity contribution in [3.63, 3.8) is 0 Å². The lowest BCUT2D eigenvalue weighted by molar-refractivity contribution is 0.260. The average Bonchev–Trinajstić information content (AvgIpc) is 3.24. The Morgan fingerprint density at radius 1 is 1.30 bits per heavy atom. The van der Waals surface area contributed by atoms with Crippen molar-refractivity contribution in [1.82, 2.24) is 24.8 Å². The zero-order valence-corrected chi connectivity index (χ0v) is 17.5. The normalized spacial score (nSPS) is 18.9. The molecule has 2 heterocycles. The third kappa shape index (κ3) is 4.28. The summed E-state index contributed by atoms with van der Waals surface area (Å²) in [5.74, 6) is -0.883. The molecule has 0 bridgehead atoms. The highest BCUT2D eigenvalue weighted by Gasteiger charge is 2.32. The molecule has 12 nitrogen and oxygen atoms in total. The van der Waals surface area contributed by atoms with Crippen molar-refractivity contribution in [2.75, 3.05) is 11.9 Å². The van der Waals surface area contributed by atoms with Gasteiger partial charge in [-0.15, -0.1) is 0 Å². The van der Waals surface area contributed by atoms with Crippen molar-refractivity contribution in [1.29, 1.82) is 0 Å². The number of hydrogen-bond acceptors (Lipinski definition) is 9. The fraction of sp³-hybridized carbons (Fsp3) is 0.333. The van der Waals surface area contributed by atoms with Crippen LogP contribution in [0, 0.1) is 11.7 Å². The maximum absolute atomic E-state index is 13.5. The predicted molar refractivity (Wildman–Crippen MR) is 104 cm³/mol. The lowest BCUT2D eigenvalue weighted by Gasteiger charge is -2.35. The summed E-state index contributed by atoms with van der Waals surface area (Å²) in [4.78, 5) is 12.2. The number of benzene rings is 1. The van der Waals surface area contributed by atoms with Crippen LogP contribution in [0.2, 0.25) is 0 Å². The Hall–Kier alpha value is -2.62. The number of halogens is 2. The zero-order chi connectivity index (χ0) is 21.5. The predicted octanol–water partition coefficient (Wildman–Crippen LogP) is 0.761. The second kappa shape index (κ2) is 7.90. The van der Waals surface area contributed by atoms with Gasteiger partial charge in [-0.2, -0.15) is 13.1 Å². The molecule has 2 aromatic heterocycles. The van der Waals surface area contributed by atoms with E-state index in [1.165, 1.54) is 18.2 Å². The van der Waals surface area contributed by atoms with Gasteiger partial charge in [-0.05, 0) is 63.2 Å².